The first kappa shape index (κ1) is 15.1. The molecule has 2 aromatic heterocycles. The van der Waals surface area contributed by atoms with Gasteiger partial charge in [0.15, 0.2) is 0 Å². The summed E-state index contributed by atoms with van der Waals surface area (Å²) in [6.07, 6.45) is 3.60. The fraction of sp³-hybridized carbons (Fsp3) is 0.263. The van der Waals surface area contributed by atoms with E-state index >= 15 is 0 Å². The van der Waals surface area contributed by atoms with Crippen molar-refractivity contribution >= 4 is 17.2 Å². The number of aryl methyl sites for hydroxylation is 1. The largest absolute Gasteiger partial charge is 0.336 e. The first-order valence-electron chi connectivity index (χ1n) is 8.09. The van der Waals surface area contributed by atoms with Crippen molar-refractivity contribution in [2.45, 2.75) is 25.9 Å². The number of amides is 1. The van der Waals surface area contributed by atoms with Crippen molar-refractivity contribution < 1.29 is 4.79 Å². The number of carbonyl (C=O) groups excluding carboxylic acids is 1. The van der Waals surface area contributed by atoms with Crippen LogP contribution in [0.3, 0.4) is 0 Å². The zero-order valence-electron chi connectivity index (χ0n) is 13.6. The second kappa shape index (κ2) is 6.24. The SMILES string of the molecule is Cc1nccn1CC(=O)N1Cc2ccccc2C(c2cccs2)C1. The van der Waals surface area contributed by atoms with E-state index in [0.29, 0.717) is 13.1 Å². The summed E-state index contributed by atoms with van der Waals surface area (Å²) in [5.41, 5.74) is 2.60. The molecule has 122 valence electrons. The lowest BCUT2D eigenvalue weighted by Gasteiger charge is -2.34. The molecule has 1 aliphatic rings. The van der Waals surface area contributed by atoms with Gasteiger partial charge in [-0.15, -0.1) is 11.3 Å². The minimum atomic E-state index is 0.146. The standard InChI is InChI=1S/C19H19N3OS/c1-14-20-8-9-21(14)13-19(23)22-11-15-5-2-3-6-16(15)17(12-22)18-7-4-10-24-18/h2-10,17H,11-13H2,1H3. The lowest BCUT2D eigenvalue weighted by Crippen LogP contribution is -2.40. The van der Waals surface area contributed by atoms with Crippen molar-refractivity contribution in [3.8, 4) is 0 Å². The number of aromatic nitrogens is 2. The van der Waals surface area contributed by atoms with Crippen LogP contribution in [-0.4, -0.2) is 26.9 Å². The molecule has 0 saturated heterocycles. The van der Waals surface area contributed by atoms with Gasteiger partial charge in [0.1, 0.15) is 12.4 Å². The van der Waals surface area contributed by atoms with E-state index in [9.17, 15) is 4.79 Å². The monoisotopic (exact) mass is 337 g/mol. The molecule has 3 aromatic rings. The summed E-state index contributed by atoms with van der Waals surface area (Å²) in [4.78, 5) is 20.3. The molecule has 1 unspecified atom stereocenters. The Hall–Kier alpha value is -2.40. The molecule has 0 radical (unpaired) electrons. The van der Waals surface area contributed by atoms with Crippen LogP contribution >= 0.6 is 11.3 Å². The Morgan fingerprint density at radius 2 is 2.17 bits per heavy atom. The van der Waals surface area contributed by atoms with Crippen molar-refractivity contribution in [3.05, 3.63) is 76.0 Å². The average molecular weight is 337 g/mol. The quantitative estimate of drug-likeness (QED) is 0.734. The van der Waals surface area contributed by atoms with Crippen LogP contribution in [0.15, 0.2) is 54.2 Å². The summed E-state index contributed by atoms with van der Waals surface area (Å²) in [5, 5.41) is 2.10. The minimum absolute atomic E-state index is 0.146. The molecule has 1 aliphatic heterocycles. The van der Waals surface area contributed by atoms with E-state index in [0.717, 1.165) is 12.4 Å². The minimum Gasteiger partial charge on any atom is -0.336 e. The summed E-state index contributed by atoms with van der Waals surface area (Å²) in [7, 11) is 0. The molecule has 0 saturated carbocycles. The van der Waals surface area contributed by atoms with Gasteiger partial charge in [0, 0.05) is 36.3 Å². The third kappa shape index (κ3) is 2.76. The summed E-state index contributed by atoms with van der Waals surface area (Å²) >= 11 is 1.76. The molecular formula is C19H19N3OS. The van der Waals surface area contributed by atoms with Gasteiger partial charge < -0.3 is 9.47 Å². The average Bonchev–Trinajstić information content (AvgIpc) is 3.26. The third-order valence-electron chi connectivity index (χ3n) is 4.66. The van der Waals surface area contributed by atoms with Crippen LogP contribution < -0.4 is 0 Å². The normalized spacial score (nSPS) is 16.9. The Morgan fingerprint density at radius 3 is 2.92 bits per heavy atom. The molecule has 0 aliphatic carbocycles. The fourth-order valence-electron chi connectivity index (χ4n) is 3.35. The highest BCUT2D eigenvalue weighted by molar-refractivity contribution is 7.10. The Morgan fingerprint density at radius 1 is 1.29 bits per heavy atom. The van der Waals surface area contributed by atoms with Crippen molar-refractivity contribution in [1.82, 2.24) is 14.5 Å². The van der Waals surface area contributed by atoms with E-state index < -0.39 is 0 Å². The maximum absolute atomic E-state index is 12.8. The molecule has 1 atom stereocenters. The topological polar surface area (TPSA) is 38.1 Å². The number of hydrogen-bond acceptors (Lipinski definition) is 3. The number of carbonyl (C=O) groups is 1. The van der Waals surface area contributed by atoms with Crippen molar-refractivity contribution in [2.24, 2.45) is 0 Å². The Labute approximate surface area is 145 Å². The third-order valence-corrected chi connectivity index (χ3v) is 5.65. The molecule has 1 amide bonds. The van der Waals surface area contributed by atoms with Gasteiger partial charge in [-0.1, -0.05) is 30.3 Å². The van der Waals surface area contributed by atoms with Gasteiger partial charge in [0.05, 0.1) is 0 Å². The number of thiophene rings is 1. The van der Waals surface area contributed by atoms with Crippen LogP contribution in [0, 0.1) is 6.92 Å². The van der Waals surface area contributed by atoms with E-state index in [1.165, 1.54) is 16.0 Å². The maximum Gasteiger partial charge on any atom is 0.242 e. The zero-order valence-corrected chi connectivity index (χ0v) is 14.4. The predicted octanol–water partition coefficient (Wildman–Crippen LogP) is 3.43. The first-order chi connectivity index (χ1) is 11.7. The van der Waals surface area contributed by atoms with E-state index in [4.69, 9.17) is 0 Å². The number of benzene rings is 1. The summed E-state index contributed by atoms with van der Waals surface area (Å²) in [5.74, 6) is 1.28. The Balaban J connectivity index is 1.62. The number of fused-ring (bicyclic) bond motifs is 1. The van der Waals surface area contributed by atoms with Gasteiger partial charge in [-0.2, -0.15) is 0 Å². The highest BCUT2D eigenvalue weighted by atomic mass is 32.1. The van der Waals surface area contributed by atoms with Crippen LogP contribution in [-0.2, 0) is 17.9 Å². The molecule has 3 heterocycles. The lowest BCUT2D eigenvalue weighted by atomic mass is 9.88. The van der Waals surface area contributed by atoms with E-state index in [2.05, 4.69) is 46.8 Å². The van der Waals surface area contributed by atoms with Gasteiger partial charge in [0.2, 0.25) is 5.91 Å². The van der Waals surface area contributed by atoms with E-state index in [1.54, 1.807) is 17.5 Å². The molecule has 4 nitrogen and oxygen atoms in total. The fourth-order valence-corrected chi connectivity index (χ4v) is 4.18. The molecule has 0 fully saturated rings. The predicted molar refractivity (Wildman–Crippen MR) is 95.0 cm³/mol. The first-order valence-corrected chi connectivity index (χ1v) is 8.97. The van der Waals surface area contributed by atoms with Gasteiger partial charge in [-0.25, -0.2) is 4.98 Å². The molecule has 0 N–H and O–H groups in total. The van der Waals surface area contributed by atoms with Crippen LogP contribution in [0.25, 0.3) is 0 Å². The molecule has 4 rings (SSSR count). The van der Waals surface area contributed by atoms with E-state index in [-0.39, 0.29) is 11.8 Å². The maximum atomic E-state index is 12.8. The molecular weight excluding hydrogens is 318 g/mol. The van der Waals surface area contributed by atoms with Gasteiger partial charge in [0.25, 0.3) is 0 Å². The second-order valence-corrected chi connectivity index (χ2v) is 7.12. The smallest absolute Gasteiger partial charge is 0.242 e. The molecule has 1 aromatic carbocycles. The molecule has 24 heavy (non-hydrogen) atoms. The Bertz CT molecular complexity index is 853. The van der Waals surface area contributed by atoms with Crippen LogP contribution in [0.2, 0.25) is 0 Å². The van der Waals surface area contributed by atoms with Crippen LogP contribution in [0.1, 0.15) is 27.7 Å². The summed E-state index contributed by atoms with van der Waals surface area (Å²) in [6.45, 7) is 3.70. The molecule has 0 spiro atoms. The van der Waals surface area contributed by atoms with Gasteiger partial charge in [-0.3, -0.25) is 4.79 Å². The molecule has 0 bridgehead atoms. The lowest BCUT2D eigenvalue weighted by molar-refractivity contribution is -0.133. The number of rotatable bonds is 3. The van der Waals surface area contributed by atoms with Crippen LogP contribution in [0.5, 0.6) is 0 Å². The second-order valence-electron chi connectivity index (χ2n) is 6.14. The van der Waals surface area contributed by atoms with Gasteiger partial charge >= 0.3 is 0 Å². The Kier molecular flexibility index (Phi) is 3.94. The number of hydrogen-bond donors (Lipinski definition) is 0. The summed E-state index contributed by atoms with van der Waals surface area (Å²) in [6, 6.07) is 12.7. The highest BCUT2D eigenvalue weighted by Gasteiger charge is 2.29. The highest BCUT2D eigenvalue weighted by Crippen LogP contribution is 2.35. The van der Waals surface area contributed by atoms with Gasteiger partial charge in [-0.05, 0) is 29.5 Å². The van der Waals surface area contributed by atoms with Crippen LogP contribution in [0.4, 0.5) is 0 Å². The van der Waals surface area contributed by atoms with Crippen molar-refractivity contribution in [2.75, 3.05) is 6.54 Å². The molecule has 5 heteroatoms. The number of nitrogens with zero attached hydrogens (tertiary/aromatic N) is 3. The zero-order chi connectivity index (χ0) is 16.5. The van der Waals surface area contributed by atoms with E-state index in [1.807, 2.05) is 22.6 Å². The van der Waals surface area contributed by atoms with Crippen molar-refractivity contribution in [3.63, 3.8) is 0 Å². The summed E-state index contributed by atoms with van der Waals surface area (Å²) < 4.78 is 1.91. The van der Waals surface area contributed by atoms with Crippen molar-refractivity contribution in [1.29, 1.82) is 0 Å². The number of imidazole rings is 1.